The van der Waals surface area contributed by atoms with E-state index in [1.165, 1.54) is 12.0 Å². The fourth-order valence-corrected chi connectivity index (χ4v) is 3.42. The SMILES string of the molecule is COCO[C@H]1CN(C(=O)c2ccc3cc(Oc4ccc(C(F)(F)F)cn4)ccc3n2)C[C@H]1O. The minimum Gasteiger partial charge on any atom is -0.439 e. The Hall–Kier alpha value is -3.28. The number of β-amino-alcohol motifs (C(OH)–C–C–N with tert-alkyl or cyclic N) is 1. The molecule has 3 heterocycles. The van der Waals surface area contributed by atoms with Crippen LogP contribution < -0.4 is 4.74 Å². The van der Waals surface area contributed by atoms with Crippen LogP contribution in [-0.2, 0) is 15.7 Å². The number of hydrogen-bond acceptors (Lipinski definition) is 7. The summed E-state index contributed by atoms with van der Waals surface area (Å²) in [6.45, 7) is 0.361. The number of rotatable bonds is 6. The van der Waals surface area contributed by atoms with Crippen molar-refractivity contribution in [1.29, 1.82) is 0 Å². The lowest BCUT2D eigenvalue weighted by Gasteiger charge is -2.16. The van der Waals surface area contributed by atoms with E-state index >= 15 is 0 Å². The van der Waals surface area contributed by atoms with Crippen LogP contribution in [-0.4, -0.2) is 65.1 Å². The van der Waals surface area contributed by atoms with Crippen molar-refractivity contribution in [2.45, 2.75) is 18.4 Å². The van der Waals surface area contributed by atoms with Crippen LogP contribution in [0.2, 0.25) is 0 Å². The van der Waals surface area contributed by atoms with Gasteiger partial charge < -0.3 is 24.2 Å². The molecule has 2 atom stereocenters. The van der Waals surface area contributed by atoms with Gasteiger partial charge in [-0.1, -0.05) is 6.07 Å². The molecule has 4 rings (SSSR count). The Morgan fingerprint density at radius 2 is 2.00 bits per heavy atom. The number of likely N-dealkylation sites (tertiary alicyclic amines) is 1. The van der Waals surface area contributed by atoms with E-state index in [-0.39, 0.29) is 37.4 Å². The van der Waals surface area contributed by atoms with Gasteiger partial charge in [0.05, 0.1) is 23.7 Å². The van der Waals surface area contributed by atoms with Crippen LogP contribution >= 0.6 is 0 Å². The zero-order chi connectivity index (χ0) is 23.6. The minimum atomic E-state index is -4.47. The molecule has 1 aliphatic rings. The van der Waals surface area contributed by atoms with Crippen molar-refractivity contribution in [1.82, 2.24) is 14.9 Å². The van der Waals surface area contributed by atoms with Gasteiger partial charge in [0.15, 0.2) is 0 Å². The van der Waals surface area contributed by atoms with Crippen LogP contribution in [0, 0.1) is 0 Å². The summed E-state index contributed by atoms with van der Waals surface area (Å²) < 4.78 is 53.7. The number of carbonyl (C=O) groups is 1. The van der Waals surface area contributed by atoms with Gasteiger partial charge in [-0.15, -0.1) is 0 Å². The third kappa shape index (κ3) is 5.21. The molecule has 11 heteroatoms. The summed E-state index contributed by atoms with van der Waals surface area (Å²) in [6, 6.07) is 10.1. The van der Waals surface area contributed by atoms with Crippen LogP contribution in [0.1, 0.15) is 16.1 Å². The number of ether oxygens (including phenoxy) is 3. The van der Waals surface area contributed by atoms with Crippen LogP contribution in [0.4, 0.5) is 13.2 Å². The number of benzene rings is 1. The molecule has 174 valence electrons. The average molecular weight is 463 g/mol. The van der Waals surface area contributed by atoms with Gasteiger partial charge in [0.1, 0.15) is 24.3 Å². The molecule has 1 N–H and O–H groups in total. The molecule has 1 aliphatic heterocycles. The predicted molar refractivity (Wildman–Crippen MR) is 110 cm³/mol. The van der Waals surface area contributed by atoms with Crippen molar-refractivity contribution in [3.63, 3.8) is 0 Å². The largest absolute Gasteiger partial charge is 0.439 e. The number of aromatic nitrogens is 2. The molecule has 8 nitrogen and oxygen atoms in total. The van der Waals surface area contributed by atoms with E-state index in [1.54, 1.807) is 30.3 Å². The number of hydrogen-bond donors (Lipinski definition) is 1. The van der Waals surface area contributed by atoms with Crippen molar-refractivity contribution in [2.24, 2.45) is 0 Å². The molecule has 0 unspecified atom stereocenters. The topological polar surface area (TPSA) is 94.0 Å². The van der Waals surface area contributed by atoms with Crippen molar-refractivity contribution in [3.05, 3.63) is 59.9 Å². The second kappa shape index (κ2) is 9.30. The van der Waals surface area contributed by atoms with Crippen molar-refractivity contribution >= 4 is 16.8 Å². The summed E-state index contributed by atoms with van der Waals surface area (Å²) in [6.07, 6.45) is -5.12. The first kappa shape index (κ1) is 22.9. The number of aliphatic hydroxyl groups excluding tert-OH is 1. The smallest absolute Gasteiger partial charge is 0.417 e. The summed E-state index contributed by atoms with van der Waals surface area (Å²) in [5.74, 6) is 0.0325. The number of pyridine rings is 2. The van der Waals surface area contributed by atoms with Crippen molar-refractivity contribution in [2.75, 3.05) is 27.0 Å². The highest BCUT2D eigenvalue weighted by molar-refractivity contribution is 5.95. The van der Waals surface area contributed by atoms with Gasteiger partial charge in [-0.2, -0.15) is 13.2 Å². The highest BCUT2D eigenvalue weighted by Crippen LogP contribution is 2.30. The van der Waals surface area contributed by atoms with E-state index in [9.17, 15) is 23.1 Å². The van der Waals surface area contributed by atoms with Gasteiger partial charge in [-0.25, -0.2) is 9.97 Å². The fourth-order valence-electron chi connectivity index (χ4n) is 3.42. The van der Waals surface area contributed by atoms with Crippen LogP contribution in [0.25, 0.3) is 10.9 Å². The van der Waals surface area contributed by atoms with E-state index in [0.29, 0.717) is 22.8 Å². The molecular weight excluding hydrogens is 443 g/mol. The maximum atomic E-state index is 12.8. The molecule has 3 aromatic rings. The van der Waals surface area contributed by atoms with Gasteiger partial charge in [-0.05, 0) is 30.3 Å². The lowest BCUT2D eigenvalue weighted by Crippen LogP contribution is -2.31. The van der Waals surface area contributed by atoms with Crippen LogP contribution in [0.5, 0.6) is 11.6 Å². The molecule has 2 aromatic heterocycles. The lowest BCUT2D eigenvalue weighted by atomic mass is 10.2. The highest BCUT2D eigenvalue weighted by atomic mass is 19.4. The quantitative estimate of drug-likeness (QED) is 0.561. The number of methoxy groups -OCH3 is 1. The summed E-state index contributed by atoms with van der Waals surface area (Å²) in [5, 5.41) is 10.8. The Morgan fingerprint density at radius 3 is 2.70 bits per heavy atom. The Kier molecular flexibility index (Phi) is 6.45. The molecule has 1 fully saturated rings. The van der Waals surface area contributed by atoms with Gasteiger partial charge >= 0.3 is 6.18 Å². The number of nitrogens with zero attached hydrogens (tertiary/aromatic N) is 3. The van der Waals surface area contributed by atoms with E-state index < -0.39 is 23.9 Å². The summed E-state index contributed by atoms with van der Waals surface area (Å²) >= 11 is 0. The molecule has 0 bridgehead atoms. The molecule has 33 heavy (non-hydrogen) atoms. The summed E-state index contributed by atoms with van der Waals surface area (Å²) in [7, 11) is 1.47. The molecule has 1 amide bonds. The highest BCUT2D eigenvalue weighted by Gasteiger charge is 2.35. The van der Waals surface area contributed by atoms with Gasteiger partial charge in [0.25, 0.3) is 5.91 Å². The van der Waals surface area contributed by atoms with Crippen LogP contribution in [0.3, 0.4) is 0 Å². The van der Waals surface area contributed by atoms with E-state index in [2.05, 4.69) is 9.97 Å². The molecular formula is C22H20F3N3O5. The molecule has 0 spiro atoms. The summed E-state index contributed by atoms with van der Waals surface area (Å²) in [4.78, 5) is 22.3. The molecule has 0 aliphatic carbocycles. The maximum Gasteiger partial charge on any atom is 0.417 e. The number of alkyl halides is 3. The second-order valence-corrected chi connectivity index (χ2v) is 7.43. The number of carbonyl (C=O) groups excluding carboxylic acids is 1. The molecule has 0 radical (unpaired) electrons. The average Bonchev–Trinajstić information content (AvgIpc) is 3.17. The van der Waals surface area contributed by atoms with Crippen LogP contribution in [0.15, 0.2) is 48.7 Å². The van der Waals surface area contributed by atoms with E-state index in [4.69, 9.17) is 14.2 Å². The first-order chi connectivity index (χ1) is 15.7. The van der Waals surface area contributed by atoms with E-state index in [1.807, 2.05) is 0 Å². The molecule has 0 saturated carbocycles. The lowest BCUT2D eigenvalue weighted by molar-refractivity contribution is -0.137. The number of aliphatic hydroxyl groups is 1. The standard InChI is InChI=1S/C22H20F3N3O5/c1-31-12-32-19-11-28(10-18(19)29)21(30)17-5-2-13-8-15(4-6-16(13)27-17)33-20-7-3-14(9-26-20)22(23,24)25/h2-9,18-19,29H,10-12H2,1H3/t18-,19+/m1/s1. The van der Waals surface area contributed by atoms with Gasteiger partial charge in [0, 0.05) is 31.3 Å². The normalized spacial score (nSPS) is 18.6. The minimum absolute atomic E-state index is 0.0138. The Balaban J connectivity index is 1.46. The Bertz CT molecular complexity index is 1140. The van der Waals surface area contributed by atoms with Crippen molar-refractivity contribution < 1.29 is 37.3 Å². The third-order valence-electron chi connectivity index (χ3n) is 5.09. The summed E-state index contributed by atoms with van der Waals surface area (Å²) in [5.41, 5.74) is -0.127. The molecule has 1 aromatic carbocycles. The third-order valence-corrected chi connectivity index (χ3v) is 5.09. The van der Waals surface area contributed by atoms with Crippen molar-refractivity contribution in [3.8, 4) is 11.6 Å². The first-order valence-electron chi connectivity index (χ1n) is 9.94. The Labute approximate surface area is 186 Å². The number of fused-ring (bicyclic) bond motifs is 1. The monoisotopic (exact) mass is 463 g/mol. The van der Waals surface area contributed by atoms with Gasteiger partial charge in [0.2, 0.25) is 5.88 Å². The zero-order valence-corrected chi connectivity index (χ0v) is 17.5. The predicted octanol–water partition coefficient (Wildman–Crippen LogP) is 3.25. The first-order valence-corrected chi connectivity index (χ1v) is 9.94. The molecule has 1 saturated heterocycles. The number of halogens is 3. The second-order valence-electron chi connectivity index (χ2n) is 7.43. The van der Waals surface area contributed by atoms with E-state index in [0.717, 1.165) is 12.1 Å². The Morgan fingerprint density at radius 1 is 1.18 bits per heavy atom. The fraction of sp³-hybridized carbons (Fsp3) is 0.318. The van der Waals surface area contributed by atoms with Gasteiger partial charge in [-0.3, -0.25) is 4.79 Å². The number of amides is 1. The zero-order valence-electron chi connectivity index (χ0n) is 17.5. The maximum absolute atomic E-state index is 12.8.